The van der Waals surface area contributed by atoms with E-state index in [4.69, 9.17) is 23.2 Å². The summed E-state index contributed by atoms with van der Waals surface area (Å²) in [5.74, 6) is -0.309. The van der Waals surface area contributed by atoms with Crippen LogP contribution >= 0.6 is 23.2 Å². The zero-order valence-electron chi connectivity index (χ0n) is 14.3. The maximum Gasteiger partial charge on any atom is 0.251 e. The molecule has 0 spiro atoms. The monoisotopic (exact) mass is 398 g/mol. The Bertz CT molecular complexity index is 955. The number of nitrogens with one attached hydrogen (secondary N) is 1. The van der Waals surface area contributed by atoms with E-state index in [1.165, 1.54) is 6.20 Å². The molecular formula is C21H16Cl2N2O2. The topological polar surface area (TPSA) is 59.1 Å². The van der Waals surface area contributed by atoms with Gasteiger partial charge in [-0.05, 0) is 35.9 Å². The highest BCUT2D eigenvalue weighted by Crippen LogP contribution is 2.19. The number of pyridine rings is 1. The van der Waals surface area contributed by atoms with Crippen molar-refractivity contribution in [2.75, 3.05) is 0 Å². The Morgan fingerprint density at radius 3 is 2.30 bits per heavy atom. The molecule has 0 saturated carbocycles. The van der Waals surface area contributed by atoms with Crippen LogP contribution < -0.4 is 5.32 Å². The van der Waals surface area contributed by atoms with Gasteiger partial charge in [-0.3, -0.25) is 14.6 Å². The minimum Gasteiger partial charge on any atom is -0.348 e. The standard InChI is InChI=1S/C21H16Cl2N2O2/c22-17-8-14(9-18(23)11-17)13-25-21(27)16-6-7-24-19(10-16)12-20(26)15-4-2-1-3-5-15/h1-11H,12-13H2,(H,25,27). The van der Waals surface area contributed by atoms with Crippen LogP contribution in [0.1, 0.15) is 32.0 Å². The van der Waals surface area contributed by atoms with E-state index in [0.717, 1.165) is 5.56 Å². The van der Waals surface area contributed by atoms with Crippen molar-refractivity contribution in [3.63, 3.8) is 0 Å². The van der Waals surface area contributed by atoms with Crippen LogP contribution in [-0.4, -0.2) is 16.7 Å². The summed E-state index contributed by atoms with van der Waals surface area (Å²) in [5, 5.41) is 3.84. The fourth-order valence-electron chi connectivity index (χ4n) is 2.60. The van der Waals surface area contributed by atoms with Crippen molar-refractivity contribution in [1.82, 2.24) is 10.3 Å². The number of carbonyl (C=O) groups is 2. The van der Waals surface area contributed by atoms with Crippen LogP contribution in [0.15, 0.2) is 66.9 Å². The second-order valence-electron chi connectivity index (χ2n) is 5.96. The molecule has 0 aliphatic rings. The van der Waals surface area contributed by atoms with Gasteiger partial charge in [-0.2, -0.15) is 0 Å². The molecule has 1 amide bonds. The highest BCUT2D eigenvalue weighted by Gasteiger charge is 2.11. The molecule has 0 radical (unpaired) electrons. The van der Waals surface area contributed by atoms with Crippen molar-refractivity contribution in [2.45, 2.75) is 13.0 Å². The molecular weight excluding hydrogens is 383 g/mol. The Balaban J connectivity index is 1.65. The van der Waals surface area contributed by atoms with Gasteiger partial charge in [-0.25, -0.2) is 0 Å². The largest absolute Gasteiger partial charge is 0.348 e. The fraction of sp³-hybridized carbons (Fsp3) is 0.0952. The SMILES string of the molecule is O=C(Cc1cc(C(=O)NCc2cc(Cl)cc(Cl)c2)ccn1)c1ccccc1. The average molecular weight is 399 g/mol. The number of rotatable bonds is 6. The molecule has 27 heavy (non-hydrogen) atoms. The van der Waals surface area contributed by atoms with Gasteiger partial charge in [-0.15, -0.1) is 0 Å². The van der Waals surface area contributed by atoms with Gasteiger partial charge in [0, 0.05) is 39.6 Å². The molecule has 0 aliphatic carbocycles. The number of aromatic nitrogens is 1. The lowest BCUT2D eigenvalue weighted by Crippen LogP contribution is -2.23. The first-order valence-corrected chi connectivity index (χ1v) is 9.03. The Morgan fingerprint density at radius 2 is 1.59 bits per heavy atom. The van der Waals surface area contributed by atoms with Crippen molar-refractivity contribution < 1.29 is 9.59 Å². The Kier molecular flexibility index (Phi) is 6.22. The van der Waals surface area contributed by atoms with E-state index in [-0.39, 0.29) is 18.1 Å². The molecule has 0 fully saturated rings. The van der Waals surface area contributed by atoms with Gasteiger partial charge in [0.2, 0.25) is 0 Å². The van der Waals surface area contributed by atoms with Crippen LogP contribution in [0, 0.1) is 0 Å². The summed E-state index contributed by atoms with van der Waals surface area (Å²) in [6.07, 6.45) is 1.66. The van der Waals surface area contributed by atoms with E-state index < -0.39 is 0 Å². The number of benzene rings is 2. The van der Waals surface area contributed by atoms with E-state index >= 15 is 0 Å². The van der Waals surface area contributed by atoms with E-state index in [0.29, 0.717) is 33.4 Å². The van der Waals surface area contributed by atoms with Crippen molar-refractivity contribution in [3.05, 3.63) is 99.3 Å². The highest BCUT2D eigenvalue weighted by atomic mass is 35.5. The van der Waals surface area contributed by atoms with Gasteiger partial charge in [0.25, 0.3) is 5.91 Å². The number of hydrogen-bond acceptors (Lipinski definition) is 3. The number of amides is 1. The maximum absolute atomic E-state index is 12.4. The molecule has 0 bridgehead atoms. The predicted molar refractivity (Wildman–Crippen MR) is 106 cm³/mol. The van der Waals surface area contributed by atoms with Gasteiger partial charge in [-0.1, -0.05) is 53.5 Å². The van der Waals surface area contributed by atoms with Crippen LogP contribution in [0.3, 0.4) is 0 Å². The van der Waals surface area contributed by atoms with Crippen molar-refractivity contribution in [3.8, 4) is 0 Å². The van der Waals surface area contributed by atoms with Crippen LogP contribution in [0.5, 0.6) is 0 Å². The fourth-order valence-corrected chi connectivity index (χ4v) is 3.18. The number of halogens is 2. The third-order valence-corrected chi connectivity index (χ3v) is 4.33. The number of carbonyl (C=O) groups excluding carboxylic acids is 2. The number of ketones is 1. The van der Waals surface area contributed by atoms with Gasteiger partial charge >= 0.3 is 0 Å². The molecule has 1 aromatic heterocycles. The van der Waals surface area contributed by atoms with Crippen LogP contribution in [0.25, 0.3) is 0 Å². The van der Waals surface area contributed by atoms with Crippen LogP contribution in [-0.2, 0) is 13.0 Å². The van der Waals surface area contributed by atoms with Crippen LogP contribution in [0.4, 0.5) is 0 Å². The number of nitrogens with zero attached hydrogens (tertiary/aromatic N) is 1. The Morgan fingerprint density at radius 1 is 0.889 bits per heavy atom. The first kappa shape index (κ1) is 19.1. The van der Waals surface area contributed by atoms with Crippen molar-refractivity contribution in [1.29, 1.82) is 0 Å². The number of Topliss-reactive ketones (excluding diaryl/α,β-unsaturated/α-hetero) is 1. The minimum absolute atomic E-state index is 0.0470. The molecule has 4 nitrogen and oxygen atoms in total. The molecule has 6 heteroatoms. The summed E-state index contributed by atoms with van der Waals surface area (Å²) in [6.45, 7) is 0.291. The summed E-state index contributed by atoms with van der Waals surface area (Å²) in [5.41, 5.74) is 2.40. The summed E-state index contributed by atoms with van der Waals surface area (Å²) < 4.78 is 0. The molecule has 0 atom stereocenters. The van der Waals surface area contributed by atoms with E-state index in [2.05, 4.69) is 10.3 Å². The van der Waals surface area contributed by atoms with Gasteiger partial charge in [0.1, 0.15) is 0 Å². The van der Waals surface area contributed by atoms with Gasteiger partial charge in [0.05, 0.1) is 6.42 Å². The molecule has 3 aromatic rings. The third-order valence-electron chi connectivity index (χ3n) is 3.89. The maximum atomic E-state index is 12.4. The normalized spacial score (nSPS) is 10.4. The lowest BCUT2D eigenvalue weighted by Gasteiger charge is -2.08. The zero-order chi connectivity index (χ0) is 19.2. The van der Waals surface area contributed by atoms with Crippen molar-refractivity contribution >= 4 is 34.9 Å². The van der Waals surface area contributed by atoms with E-state index in [1.54, 1.807) is 42.5 Å². The van der Waals surface area contributed by atoms with Gasteiger partial charge < -0.3 is 5.32 Å². The molecule has 1 N–H and O–H groups in total. The smallest absolute Gasteiger partial charge is 0.251 e. The minimum atomic E-state index is -0.262. The summed E-state index contributed by atoms with van der Waals surface area (Å²) in [7, 11) is 0. The summed E-state index contributed by atoms with van der Waals surface area (Å²) >= 11 is 11.9. The highest BCUT2D eigenvalue weighted by molar-refractivity contribution is 6.34. The predicted octanol–water partition coefficient (Wildman–Crippen LogP) is 4.74. The van der Waals surface area contributed by atoms with Crippen LogP contribution in [0.2, 0.25) is 10.0 Å². The molecule has 0 unspecified atom stereocenters. The Hall–Kier alpha value is -2.69. The quantitative estimate of drug-likeness (QED) is 0.609. The summed E-state index contributed by atoms with van der Waals surface area (Å²) in [4.78, 5) is 28.9. The lowest BCUT2D eigenvalue weighted by molar-refractivity contribution is 0.0947. The average Bonchev–Trinajstić information content (AvgIpc) is 2.66. The first-order chi connectivity index (χ1) is 13.0. The lowest BCUT2D eigenvalue weighted by atomic mass is 10.1. The second kappa shape index (κ2) is 8.80. The third kappa shape index (κ3) is 5.39. The van der Waals surface area contributed by atoms with Crippen molar-refractivity contribution in [2.24, 2.45) is 0 Å². The summed E-state index contributed by atoms with van der Waals surface area (Å²) in [6, 6.07) is 17.3. The first-order valence-electron chi connectivity index (χ1n) is 8.27. The van der Waals surface area contributed by atoms with E-state index in [9.17, 15) is 9.59 Å². The van der Waals surface area contributed by atoms with E-state index in [1.807, 2.05) is 18.2 Å². The molecule has 2 aromatic carbocycles. The molecule has 1 heterocycles. The molecule has 0 saturated heterocycles. The van der Waals surface area contributed by atoms with Gasteiger partial charge in [0.15, 0.2) is 5.78 Å². The Labute approximate surface area is 167 Å². The number of hydrogen-bond donors (Lipinski definition) is 1. The molecule has 136 valence electrons. The second-order valence-corrected chi connectivity index (χ2v) is 6.84. The molecule has 3 rings (SSSR count). The molecule has 0 aliphatic heterocycles. The zero-order valence-corrected chi connectivity index (χ0v) is 15.8.